The zero-order chi connectivity index (χ0) is 21.3. The van der Waals surface area contributed by atoms with E-state index in [4.69, 9.17) is 0 Å². The molecule has 1 unspecified atom stereocenters. The lowest BCUT2D eigenvalue weighted by Gasteiger charge is -2.35. The van der Waals surface area contributed by atoms with Gasteiger partial charge in [-0.3, -0.25) is 14.6 Å². The number of likely N-dealkylation sites (tertiary alicyclic amines) is 1. The average Bonchev–Trinajstić information content (AvgIpc) is 3.36. The lowest BCUT2D eigenvalue weighted by Crippen LogP contribution is -2.50. The van der Waals surface area contributed by atoms with E-state index in [9.17, 15) is 22.8 Å². The van der Waals surface area contributed by atoms with Gasteiger partial charge in [0.2, 0.25) is 22.0 Å². The zero-order valence-electron chi connectivity index (χ0n) is 15.9. The third-order valence-corrected chi connectivity index (χ3v) is 6.23. The van der Waals surface area contributed by atoms with Crippen molar-refractivity contribution in [3.05, 3.63) is 35.1 Å². The summed E-state index contributed by atoms with van der Waals surface area (Å²) < 4.78 is 38.1. The predicted molar refractivity (Wildman–Crippen MR) is 101 cm³/mol. The van der Waals surface area contributed by atoms with Crippen LogP contribution < -0.4 is 4.90 Å². The maximum atomic E-state index is 12.9. The largest absolute Gasteiger partial charge is 0.445 e. The first-order valence-electron chi connectivity index (χ1n) is 9.42. The molecule has 30 heavy (non-hydrogen) atoms. The molecule has 2 amide bonds. The molecule has 4 rings (SSSR count). The van der Waals surface area contributed by atoms with Crippen LogP contribution in [0.25, 0.3) is 0 Å². The molecule has 12 heteroatoms. The van der Waals surface area contributed by atoms with E-state index >= 15 is 0 Å². The molecule has 2 aliphatic heterocycles. The summed E-state index contributed by atoms with van der Waals surface area (Å²) in [6.07, 6.45) is -1.01. The summed E-state index contributed by atoms with van der Waals surface area (Å²) in [5.41, 5.74) is 0.954. The standard InChI is InChI=1S/C18H19F3N6O2S/c19-18(20,21)16-23-24-17(30-16)26-7-5-25(6-8-26)15(29)13-9-14(28)27(11-13)10-12-1-3-22-4-2-12/h1-4,13H,5-11H2. The third kappa shape index (κ3) is 4.37. The summed E-state index contributed by atoms with van der Waals surface area (Å²) in [7, 11) is 0. The number of amides is 2. The van der Waals surface area contributed by atoms with Crippen LogP contribution >= 0.6 is 11.3 Å². The Morgan fingerprint density at radius 1 is 1.13 bits per heavy atom. The van der Waals surface area contributed by atoms with Crippen LogP contribution in [-0.4, -0.2) is 69.5 Å². The Labute approximate surface area is 174 Å². The van der Waals surface area contributed by atoms with E-state index in [-0.39, 0.29) is 23.4 Å². The van der Waals surface area contributed by atoms with Gasteiger partial charge in [-0.2, -0.15) is 13.2 Å². The molecule has 0 bridgehead atoms. The Hall–Kier alpha value is -2.76. The molecule has 0 aromatic carbocycles. The fourth-order valence-electron chi connectivity index (χ4n) is 3.63. The number of anilines is 1. The SMILES string of the molecule is O=C1CC(C(=O)N2CCN(c3nnc(C(F)(F)F)s3)CC2)CN1Cc1ccncc1. The van der Waals surface area contributed by atoms with E-state index in [1.807, 2.05) is 12.1 Å². The van der Waals surface area contributed by atoms with Gasteiger partial charge >= 0.3 is 6.18 Å². The van der Waals surface area contributed by atoms with Crippen molar-refractivity contribution in [1.29, 1.82) is 0 Å². The molecule has 2 fully saturated rings. The van der Waals surface area contributed by atoms with Crippen LogP contribution in [0, 0.1) is 5.92 Å². The van der Waals surface area contributed by atoms with Crippen molar-refractivity contribution in [2.24, 2.45) is 5.92 Å². The molecule has 0 saturated carbocycles. The monoisotopic (exact) mass is 440 g/mol. The molecule has 2 saturated heterocycles. The summed E-state index contributed by atoms with van der Waals surface area (Å²) in [4.78, 5) is 34.2. The highest BCUT2D eigenvalue weighted by Gasteiger charge is 2.39. The number of piperazine rings is 1. The highest BCUT2D eigenvalue weighted by molar-refractivity contribution is 7.15. The molecule has 0 N–H and O–H groups in total. The molecule has 8 nitrogen and oxygen atoms in total. The lowest BCUT2D eigenvalue weighted by molar-refractivity contribution is -0.138. The van der Waals surface area contributed by atoms with Gasteiger partial charge in [-0.15, -0.1) is 10.2 Å². The summed E-state index contributed by atoms with van der Waals surface area (Å²) in [6.45, 7) is 2.30. The van der Waals surface area contributed by atoms with Crippen molar-refractivity contribution in [2.75, 3.05) is 37.6 Å². The number of nitrogens with zero attached hydrogens (tertiary/aromatic N) is 6. The summed E-state index contributed by atoms with van der Waals surface area (Å²) >= 11 is 0.502. The minimum Gasteiger partial charge on any atom is -0.343 e. The maximum Gasteiger partial charge on any atom is 0.445 e. The smallest absolute Gasteiger partial charge is 0.343 e. The van der Waals surface area contributed by atoms with Crippen molar-refractivity contribution < 1.29 is 22.8 Å². The fourth-order valence-corrected chi connectivity index (χ4v) is 4.40. The molecule has 2 aliphatic rings. The Bertz CT molecular complexity index is 914. The molecular weight excluding hydrogens is 421 g/mol. The van der Waals surface area contributed by atoms with E-state index < -0.39 is 17.1 Å². The highest BCUT2D eigenvalue weighted by Crippen LogP contribution is 2.34. The molecule has 0 radical (unpaired) electrons. The van der Waals surface area contributed by atoms with E-state index in [1.54, 1.807) is 27.1 Å². The Morgan fingerprint density at radius 2 is 1.83 bits per heavy atom. The summed E-state index contributed by atoms with van der Waals surface area (Å²) in [5, 5.41) is 6.06. The number of halogens is 3. The van der Waals surface area contributed by atoms with Crippen molar-refractivity contribution in [3.63, 3.8) is 0 Å². The number of rotatable bonds is 4. The fraction of sp³-hybridized carbons (Fsp3) is 0.500. The third-order valence-electron chi connectivity index (χ3n) is 5.21. The van der Waals surface area contributed by atoms with Crippen LogP contribution in [-0.2, 0) is 22.3 Å². The minimum atomic E-state index is -4.51. The second kappa shape index (κ2) is 8.17. The first-order chi connectivity index (χ1) is 14.3. The number of aromatic nitrogens is 3. The number of hydrogen-bond acceptors (Lipinski definition) is 7. The normalized spacial score (nSPS) is 20.2. The van der Waals surface area contributed by atoms with Gasteiger partial charge in [0, 0.05) is 58.1 Å². The molecule has 0 spiro atoms. The average molecular weight is 440 g/mol. The van der Waals surface area contributed by atoms with Crippen LogP contribution in [0.1, 0.15) is 17.0 Å². The van der Waals surface area contributed by atoms with Gasteiger partial charge in [-0.1, -0.05) is 11.3 Å². The molecule has 4 heterocycles. The van der Waals surface area contributed by atoms with Crippen molar-refractivity contribution >= 4 is 28.3 Å². The number of hydrogen-bond donors (Lipinski definition) is 0. The number of carbonyl (C=O) groups is 2. The second-order valence-corrected chi connectivity index (χ2v) is 8.19. The Morgan fingerprint density at radius 3 is 2.47 bits per heavy atom. The van der Waals surface area contributed by atoms with E-state index in [2.05, 4.69) is 15.2 Å². The minimum absolute atomic E-state index is 0.0580. The van der Waals surface area contributed by atoms with Crippen LogP contribution in [0.3, 0.4) is 0 Å². The number of pyridine rings is 1. The van der Waals surface area contributed by atoms with Crippen LogP contribution in [0.5, 0.6) is 0 Å². The van der Waals surface area contributed by atoms with E-state index in [1.165, 1.54) is 0 Å². The lowest BCUT2D eigenvalue weighted by atomic mass is 10.1. The highest BCUT2D eigenvalue weighted by atomic mass is 32.1. The summed E-state index contributed by atoms with van der Waals surface area (Å²) in [6, 6.07) is 3.67. The molecule has 2 aromatic rings. The van der Waals surface area contributed by atoms with Gasteiger partial charge in [-0.05, 0) is 17.7 Å². The quantitative estimate of drug-likeness (QED) is 0.719. The van der Waals surface area contributed by atoms with E-state index in [0.29, 0.717) is 50.6 Å². The second-order valence-electron chi connectivity index (χ2n) is 7.23. The first-order valence-corrected chi connectivity index (χ1v) is 10.2. The molecule has 1 atom stereocenters. The Kier molecular flexibility index (Phi) is 5.58. The van der Waals surface area contributed by atoms with Crippen LogP contribution in [0.15, 0.2) is 24.5 Å². The van der Waals surface area contributed by atoms with E-state index in [0.717, 1.165) is 5.56 Å². The van der Waals surface area contributed by atoms with Gasteiger partial charge in [0.1, 0.15) is 0 Å². The molecule has 2 aromatic heterocycles. The summed E-state index contributed by atoms with van der Waals surface area (Å²) in [5.74, 6) is -0.546. The van der Waals surface area contributed by atoms with Gasteiger partial charge in [0.05, 0.1) is 5.92 Å². The van der Waals surface area contributed by atoms with Crippen LogP contribution in [0.2, 0.25) is 0 Å². The number of carbonyl (C=O) groups excluding carboxylic acids is 2. The van der Waals surface area contributed by atoms with Crippen molar-refractivity contribution in [1.82, 2.24) is 25.0 Å². The molecule has 0 aliphatic carbocycles. The first kappa shape index (κ1) is 20.5. The van der Waals surface area contributed by atoms with Gasteiger partial charge < -0.3 is 14.7 Å². The molecule has 160 valence electrons. The molecular formula is C18H19F3N6O2S. The van der Waals surface area contributed by atoms with Gasteiger partial charge in [-0.25, -0.2) is 0 Å². The van der Waals surface area contributed by atoms with Crippen molar-refractivity contribution in [2.45, 2.75) is 19.1 Å². The van der Waals surface area contributed by atoms with Gasteiger partial charge in [0.25, 0.3) is 0 Å². The topological polar surface area (TPSA) is 82.5 Å². The predicted octanol–water partition coefficient (Wildman–Crippen LogP) is 1.65. The van der Waals surface area contributed by atoms with Crippen molar-refractivity contribution in [3.8, 4) is 0 Å². The van der Waals surface area contributed by atoms with Crippen LogP contribution in [0.4, 0.5) is 18.3 Å². The number of alkyl halides is 3. The maximum absolute atomic E-state index is 12.9. The Balaban J connectivity index is 1.31. The zero-order valence-corrected chi connectivity index (χ0v) is 16.7. The van der Waals surface area contributed by atoms with Gasteiger partial charge in [0.15, 0.2) is 0 Å².